The van der Waals surface area contributed by atoms with Gasteiger partial charge in [-0.05, 0) is 41.5 Å². The molecule has 5 heteroatoms. The van der Waals surface area contributed by atoms with Crippen LogP contribution in [-0.4, -0.2) is 5.78 Å². The highest BCUT2D eigenvalue weighted by atomic mass is 35.5. The van der Waals surface area contributed by atoms with Gasteiger partial charge in [-0.15, -0.1) is 0 Å². The van der Waals surface area contributed by atoms with Crippen LogP contribution in [-0.2, 0) is 17.6 Å². The lowest BCUT2D eigenvalue weighted by molar-refractivity contribution is -0.117. The van der Waals surface area contributed by atoms with Crippen molar-refractivity contribution in [2.24, 2.45) is 0 Å². The molecule has 0 saturated carbocycles. The molecule has 2 rings (SSSR count). The molecule has 0 aliphatic rings. The van der Waals surface area contributed by atoms with Crippen LogP contribution < -0.4 is 0 Å². The second-order valence-corrected chi connectivity index (χ2v) is 5.60. The standard InChI is InChI=1S/C15H10Cl3FO/c16-13-4-2-11(19)7-10(13)8-12(20)5-9-1-3-14(17)15(18)6-9/h1-4,6-7H,5,8H2. The molecule has 2 aromatic rings. The van der Waals surface area contributed by atoms with Crippen molar-refractivity contribution in [1.82, 2.24) is 0 Å². The summed E-state index contributed by atoms with van der Waals surface area (Å²) in [4.78, 5) is 12.0. The highest BCUT2D eigenvalue weighted by molar-refractivity contribution is 6.42. The lowest BCUT2D eigenvalue weighted by Crippen LogP contribution is -2.07. The summed E-state index contributed by atoms with van der Waals surface area (Å²) in [6.45, 7) is 0. The van der Waals surface area contributed by atoms with Crippen molar-refractivity contribution in [2.45, 2.75) is 12.8 Å². The Bertz CT molecular complexity index is 656. The summed E-state index contributed by atoms with van der Waals surface area (Å²) in [7, 11) is 0. The van der Waals surface area contributed by atoms with Crippen molar-refractivity contribution in [3.8, 4) is 0 Å². The van der Waals surface area contributed by atoms with Gasteiger partial charge in [-0.2, -0.15) is 0 Å². The van der Waals surface area contributed by atoms with Gasteiger partial charge in [0, 0.05) is 17.9 Å². The maximum Gasteiger partial charge on any atom is 0.141 e. The predicted octanol–water partition coefficient (Wildman–Crippen LogP) is 5.14. The van der Waals surface area contributed by atoms with E-state index < -0.39 is 5.82 Å². The molecule has 0 saturated heterocycles. The molecule has 0 amide bonds. The van der Waals surface area contributed by atoms with E-state index in [9.17, 15) is 9.18 Å². The molecule has 0 spiro atoms. The lowest BCUT2D eigenvalue weighted by atomic mass is 10.0. The molecule has 2 aromatic carbocycles. The molecule has 0 bridgehead atoms. The van der Waals surface area contributed by atoms with E-state index in [-0.39, 0.29) is 18.6 Å². The Morgan fingerprint density at radius 3 is 2.30 bits per heavy atom. The van der Waals surface area contributed by atoms with Crippen LogP contribution in [0.4, 0.5) is 4.39 Å². The molecule has 0 fully saturated rings. The minimum Gasteiger partial charge on any atom is -0.299 e. The largest absolute Gasteiger partial charge is 0.299 e. The molecule has 0 radical (unpaired) electrons. The van der Waals surface area contributed by atoms with Gasteiger partial charge in [-0.25, -0.2) is 4.39 Å². The fourth-order valence-corrected chi connectivity index (χ4v) is 2.34. The number of Topliss-reactive ketones (excluding diaryl/α,β-unsaturated/α-hetero) is 1. The molecule has 0 heterocycles. The van der Waals surface area contributed by atoms with E-state index in [1.54, 1.807) is 18.2 Å². The van der Waals surface area contributed by atoms with Gasteiger partial charge < -0.3 is 0 Å². The maximum atomic E-state index is 13.1. The SMILES string of the molecule is O=C(Cc1ccc(Cl)c(Cl)c1)Cc1cc(F)ccc1Cl. The van der Waals surface area contributed by atoms with Gasteiger partial charge in [0.2, 0.25) is 0 Å². The van der Waals surface area contributed by atoms with Crippen LogP contribution in [0.25, 0.3) is 0 Å². The van der Waals surface area contributed by atoms with E-state index in [0.29, 0.717) is 20.6 Å². The number of rotatable bonds is 4. The van der Waals surface area contributed by atoms with Gasteiger partial charge in [-0.3, -0.25) is 4.79 Å². The Morgan fingerprint density at radius 1 is 0.900 bits per heavy atom. The van der Waals surface area contributed by atoms with Gasteiger partial charge >= 0.3 is 0 Å². The summed E-state index contributed by atoms with van der Waals surface area (Å²) in [5.74, 6) is -0.484. The molecule has 20 heavy (non-hydrogen) atoms. The molecule has 0 aliphatic carbocycles. The van der Waals surface area contributed by atoms with Crippen LogP contribution in [0.2, 0.25) is 15.1 Å². The molecule has 0 aliphatic heterocycles. The quantitative estimate of drug-likeness (QED) is 0.758. The Balaban J connectivity index is 2.09. The first-order valence-corrected chi connectivity index (χ1v) is 6.98. The van der Waals surface area contributed by atoms with Crippen molar-refractivity contribution in [3.63, 3.8) is 0 Å². The second kappa shape index (κ2) is 6.57. The highest BCUT2D eigenvalue weighted by Gasteiger charge is 2.10. The first-order valence-electron chi connectivity index (χ1n) is 5.85. The number of ketones is 1. The fourth-order valence-electron chi connectivity index (χ4n) is 1.83. The average Bonchev–Trinajstić information content (AvgIpc) is 2.38. The van der Waals surface area contributed by atoms with Crippen LogP contribution in [0.1, 0.15) is 11.1 Å². The lowest BCUT2D eigenvalue weighted by Gasteiger charge is -2.05. The van der Waals surface area contributed by atoms with E-state index >= 15 is 0 Å². The van der Waals surface area contributed by atoms with Crippen LogP contribution >= 0.6 is 34.8 Å². The van der Waals surface area contributed by atoms with Gasteiger partial charge in [0.05, 0.1) is 10.0 Å². The van der Waals surface area contributed by atoms with Gasteiger partial charge in [0.15, 0.2) is 0 Å². The first-order chi connectivity index (χ1) is 9.45. The zero-order chi connectivity index (χ0) is 14.7. The zero-order valence-electron chi connectivity index (χ0n) is 10.3. The second-order valence-electron chi connectivity index (χ2n) is 4.38. The van der Waals surface area contributed by atoms with Crippen molar-refractivity contribution < 1.29 is 9.18 Å². The van der Waals surface area contributed by atoms with Crippen LogP contribution in [0.3, 0.4) is 0 Å². The molecule has 1 nitrogen and oxygen atoms in total. The van der Waals surface area contributed by atoms with Crippen molar-refractivity contribution in [1.29, 1.82) is 0 Å². The molecule has 0 atom stereocenters. The summed E-state index contributed by atoms with van der Waals surface area (Å²) in [6, 6.07) is 9.00. The third-order valence-electron chi connectivity index (χ3n) is 2.78. The Hall–Kier alpha value is -1.09. The predicted molar refractivity (Wildman–Crippen MR) is 80.3 cm³/mol. The van der Waals surface area contributed by atoms with E-state index in [2.05, 4.69) is 0 Å². The van der Waals surface area contributed by atoms with Crippen molar-refractivity contribution in [3.05, 3.63) is 68.4 Å². The molecule has 0 N–H and O–H groups in total. The third kappa shape index (κ3) is 3.95. The van der Waals surface area contributed by atoms with Crippen molar-refractivity contribution >= 4 is 40.6 Å². The molecule has 0 unspecified atom stereocenters. The Morgan fingerprint density at radius 2 is 1.60 bits per heavy atom. The number of carbonyl (C=O) groups excluding carboxylic acids is 1. The fraction of sp³-hybridized carbons (Fsp3) is 0.133. The molecular formula is C15H10Cl3FO. The van der Waals surface area contributed by atoms with Crippen molar-refractivity contribution in [2.75, 3.05) is 0 Å². The topological polar surface area (TPSA) is 17.1 Å². The number of hydrogen-bond acceptors (Lipinski definition) is 1. The van der Waals surface area contributed by atoms with Gasteiger partial charge in [0.1, 0.15) is 11.6 Å². The number of carbonyl (C=O) groups is 1. The summed E-state index contributed by atoms with van der Waals surface area (Å²) >= 11 is 17.6. The average molecular weight is 332 g/mol. The van der Waals surface area contributed by atoms with E-state index in [4.69, 9.17) is 34.8 Å². The Labute approximate surface area is 131 Å². The van der Waals surface area contributed by atoms with Crippen LogP contribution in [0.5, 0.6) is 0 Å². The number of hydrogen-bond donors (Lipinski definition) is 0. The summed E-state index contributed by atoms with van der Waals surface area (Å²) in [5, 5.41) is 1.23. The number of halogens is 4. The van der Waals surface area contributed by atoms with E-state index in [1.165, 1.54) is 18.2 Å². The smallest absolute Gasteiger partial charge is 0.141 e. The van der Waals surface area contributed by atoms with Crippen LogP contribution in [0, 0.1) is 5.82 Å². The Kier molecular flexibility index (Phi) is 5.03. The normalized spacial score (nSPS) is 10.6. The summed E-state index contributed by atoms with van der Waals surface area (Å²) < 4.78 is 13.1. The highest BCUT2D eigenvalue weighted by Crippen LogP contribution is 2.23. The molecule has 104 valence electrons. The summed E-state index contributed by atoms with van der Waals surface area (Å²) in [5.41, 5.74) is 1.24. The minimum atomic E-state index is -0.410. The minimum absolute atomic E-state index is 0.0733. The molecular weight excluding hydrogens is 322 g/mol. The summed E-state index contributed by atoms with van der Waals surface area (Å²) in [6.07, 6.45) is 0.278. The first kappa shape index (κ1) is 15.3. The maximum absolute atomic E-state index is 13.1. The van der Waals surface area contributed by atoms with Gasteiger partial charge in [-0.1, -0.05) is 40.9 Å². The van der Waals surface area contributed by atoms with Gasteiger partial charge in [0.25, 0.3) is 0 Å². The van der Waals surface area contributed by atoms with E-state index in [0.717, 1.165) is 5.56 Å². The zero-order valence-corrected chi connectivity index (χ0v) is 12.6. The molecule has 0 aromatic heterocycles. The third-order valence-corrected chi connectivity index (χ3v) is 3.89. The van der Waals surface area contributed by atoms with Crippen LogP contribution in [0.15, 0.2) is 36.4 Å². The monoisotopic (exact) mass is 330 g/mol. The number of benzene rings is 2. The van der Waals surface area contributed by atoms with E-state index in [1.807, 2.05) is 0 Å².